The number of hydrogen-bond acceptors (Lipinski definition) is 4. The van der Waals surface area contributed by atoms with Gasteiger partial charge in [-0.3, -0.25) is 0 Å². The van der Waals surface area contributed by atoms with Crippen LogP contribution in [-0.2, 0) is 17.6 Å². The highest BCUT2D eigenvalue weighted by Crippen LogP contribution is 2.24. The second-order valence-corrected chi connectivity index (χ2v) is 5.03. The van der Waals surface area contributed by atoms with Crippen molar-refractivity contribution in [3.05, 3.63) is 17.6 Å². The van der Waals surface area contributed by atoms with Gasteiger partial charge in [-0.05, 0) is 32.1 Å². The molecule has 0 bridgehead atoms. The highest BCUT2D eigenvalue weighted by molar-refractivity contribution is 5.77. The standard InChI is InChI=1S/C14H21N3O2/c1-2-6-12(14(18)19)17-13-10-7-4-3-5-8-11(10)15-9-16-13/h9,12H,2-8H2,1H3,(H,18,19)(H,15,16,17). The maximum Gasteiger partial charge on any atom is 0.326 e. The number of aliphatic carboxylic acids is 1. The summed E-state index contributed by atoms with van der Waals surface area (Å²) in [6, 6.07) is -0.563. The number of rotatable bonds is 5. The number of fused-ring (bicyclic) bond motifs is 1. The lowest BCUT2D eigenvalue weighted by atomic mass is 10.1. The van der Waals surface area contributed by atoms with Crippen molar-refractivity contribution in [1.82, 2.24) is 9.97 Å². The van der Waals surface area contributed by atoms with Gasteiger partial charge >= 0.3 is 5.97 Å². The van der Waals surface area contributed by atoms with E-state index in [1.54, 1.807) is 0 Å². The molecule has 2 N–H and O–H groups in total. The fourth-order valence-electron chi connectivity index (χ4n) is 2.53. The summed E-state index contributed by atoms with van der Waals surface area (Å²) in [5, 5.41) is 12.3. The van der Waals surface area contributed by atoms with E-state index < -0.39 is 12.0 Å². The van der Waals surface area contributed by atoms with E-state index in [1.165, 1.54) is 12.7 Å². The zero-order valence-corrected chi connectivity index (χ0v) is 11.4. The molecule has 5 heteroatoms. The minimum atomic E-state index is -0.817. The third-order valence-electron chi connectivity index (χ3n) is 3.56. The Morgan fingerprint density at radius 2 is 2.16 bits per heavy atom. The molecular formula is C14H21N3O2. The van der Waals surface area contributed by atoms with Crippen LogP contribution in [0.4, 0.5) is 5.82 Å². The third kappa shape index (κ3) is 3.43. The Balaban J connectivity index is 2.22. The molecule has 1 heterocycles. The minimum absolute atomic E-state index is 0.563. The molecule has 0 amide bonds. The van der Waals surface area contributed by atoms with Crippen LogP contribution in [0.3, 0.4) is 0 Å². The Kier molecular flexibility index (Phi) is 4.71. The van der Waals surface area contributed by atoms with E-state index in [-0.39, 0.29) is 0 Å². The summed E-state index contributed by atoms with van der Waals surface area (Å²) in [5.41, 5.74) is 2.19. The molecule has 0 aromatic carbocycles. The topological polar surface area (TPSA) is 75.1 Å². The van der Waals surface area contributed by atoms with Crippen molar-refractivity contribution in [3.8, 4) is 0 Å². The molecule has 0 spiro atoms. The van der Waals surface area contributed by atoms with Gasteiger partial charge in [-0.25, -0.2) is 14.8 Å². The second kappa shape index (κ2) is 6.50. The second-order valence-electron chi connectivity index (χ2n) is 5.03. The Labute approximate surface area is 113 Å². The average molecular weight is 263 g/mol. The van der Waals surface area contributed by atoms with Crippen LogP contribution in [0.2, 0.25) is 0 Å². The van der Waals surface area contributed by atoms with Crippen molar-refractivity contribution in [2.24, 2.45) is 0 Å². The van der Waals surface area contributed by atoms with Crippen molar-refractivity contribution >= 4 is 11.8 Å². The zero-order valence-electron chi connectivity index (χ0n) is 11.4. The summed E-state index contributed by atoms with van der Waals surface area (Å²) in [5.74, 6) is -0.101. The van der Waals surface area contributed by atoms with Crippen LogP contribution in [0.5, 0.6) is 0 Å². The van der Waals surface area contributed by atoms with Crippen LogP contribution in [0.25, 0.3) is 0 Å². The Hall–Kier alpha value is -1.65. The minimum Gasteiger partial charge on any atom is -0.480 e. The van der Waals surface area contributed by atoms with Gasteiger partial charge in [0.15, 0.2) is 0 Å². The fraction of sp³-hybridized carbons (Fsp3) is 0.643. The van der Waals surface area contributed by atoms with Gasteiger partial charge in [0.1, 0.15) is 18.2 Å². The lowest BCUT2D eigenvalue weighted by Crippen LogP contribution is -2.30. The van der Waals surface area contributed by atoms with Gasteiger partial charge < -0.3 is 10.4 Å². The predicted molar refractivity (Wildman–Crippen MR) is 73.2 cm³/mol. The maximum atomic E-state index is 11.2. The predicted octanol–water partition coefficient (Wildman–Crippen LogP) is 2.41. The normalized spacial score (nSPS) is 16.3. The largest absolute Gasteiger partial charge is 0.480 e. The number of hydrogen-bond donors (Lipinski definition) is 2. The van der Waals surface area contributed by atoms with Gasteiger partial charge in [-0.15, -0.1) is 0 Å². The van der Waals surface area contributed by atoms with Crippen LogP contribution in [0, 0.1) is 0 Å². The molecule has 1 unspecified atom stereocenters. The lowest BCUT2D eigenvalue weighted by Gasteiger charge is -2.17. The summed E-state index contributed by atoms with van der Waals surface area (Å²) in [6.07, 6.45) is 8.37. The summed E-state index contributed by atoms with van der Waals surface area (Å²) in [7, 11) is 0. The Morgan fingerprint density at radius 3 is 2.89 bits per heavy atom. The van der Waals surface area contributed by atoms with E-state index in [4.69, 9.17) is 0 Å². The summed E-state index contributed by atoms with van der Waals surface area (Å²) in [4.78, 5) is 19.8. The number of aryl methyl sites for hydroxylation is 1. The van der Waals surface area contributed by atoms with Gasteiger partial charge in [0.2, 0.25) is 0 Å². The van der Waals surface area contributed by atoms with Crippen molar-refractivity contribution in [3.63, 3.8) is 0 Å². The van der Waals surface area contributed by atoms with Crippen LogP contribution in [0.15, 0.2) is 6.33 Å². The summed E-state index contributed by atoms with van der Waals surface area (Å²) < 4.78 is 0. The Morgan fingerprint density at radius 1 is 1.37 bits per heavy atom. The number of nitrogens with zero attached hydrogens (tertiary/aromatic N) is 2. The molecule has 1 aliphatic rings. The number of carbonyl (C=O) groups is 1. The first kappa shape index (κ1) is 13.8. The summed E-state index contributed by atoms with van der Waals surface area (Å²) >= 11 is 0. The third-order valence-corrected chi connectivity index (χ3v) is 3.56. The molecule has 5 nitrogen and oxygen atoms in total. The number of carboxylic acids is 1. The van der Waals surface area contributed by atoms with E-state index >= 15 is 0 Å². The molecule has 1 aliphatic carbocycles. The van der Waals surface area contributed by atoms with Crippen molar-refractivity contribution in [2.45, 2.75) is 57.9 Å². The molecule has 19 heavy (non-hydrogen) atoms. The van der Waals surface area contributed by atoms with Gasteiger partial charge in [-0.1, -0.05) is 19.8 Å². The average Bonchev–Trinajstić information content (AvgIpc) is 2.64. The quantitative estimate of drug-likeness (QED) is 0.798. The number of carboxylic acid groups (broad SMARTS) is 1. The molecule has 0 radical (unpaired) electrons. The molecular weight excluding hydrogens is 242 g/mol. The molecule has 104 valence electrons. The zero-order chi connectivity index (χ0) is 13.7. The SMILES string of the molecule is CCCC(Nc1ncnc2c1CCCCC2)C(=O)O. The van der Waals surface area contributed by atoms with Crippen molar-refractivity contribution in [1.29, 1.82) is 0 Å². The smallest absolute Gasteiger partial charge is 0.326 e. The first-order chi connectivity index (χ1) is 9.22. The van der Waals surface area contributed by atoms with E-state index in [0.717, 1.165) is 43.4 Å². The van der Waals surface area contributed by atoms with E-state index in [2.05, 4.69) is 15.3 Å². The van der Waals surface area contributed by atoms with E-state index in [0.29, 0.717) is 12.2 Å². The maximum absolute atomic E-state index is 11.2. The van der Waals surface area contributed by atoms with E-state index in [1.807, 2.05) is 6.92 Å². The first-order valence-corrected chi connectivity index (χ1v) is 7.04. The summed E-state index contributed by atoms with van der Waals surface area (Å²) in [6.45, 7) is 1.98. The highest BCUT2D eigenvalue weighted by atomic mass is 16.4. The number of nitrogens with one attached hydrogen (secondary N) is 1. The molecule has 1 atom stereocenters. The van der Waals surface area contributed by atoms with Gasteiger partial charge in [-0.2, -0.15) is 0 Å². The molecule has 0 fully saturated rings. The van der Waals surface area contributed by atoms with Crippen LogP contribution < -0.4 is 5.32 Å². The van der Waals surface area contributed by atoms with Crippen molar-refractivity contribution in [2.75, 3.05) is 5.32 Å². The number of anilines is 1. The van der Waals surface area contributed by atoms with E-state index in [9.17, 15) is 9.90 Å². The van der Waals surface area contributed by atoms with Crippen molar-refractivity contribution < 1.29 is 9.90 Å². The van der Waals surface area contributed by atoms with Crippen LogP contribution >= 0.6 is 0 Å². The van der Waals surface area contributed by atoms with Crippen LogP contribution in [0.1, 0.15) is 50.3 Å². The van der Waals surface area contributed by atoms with Gasteiger partial charge in [0, 0.05) is 11.3 Å². The first-order valence-electron chi connectivity index (χ1n) is 7.04. The highest BCUT2D eigenvalue weighted by Gasteiger charge is 2.20. The monoisotopic (exact) mass is 263 g/mol. The van der Waals surface area contributed by atoms with Gasteiger partial charge in [0.25, 0.3) is 0 Å². The molecule has 0 aliphatic heterocycles. The Bertz CT molecular complexity index is 448. The lowest BCUT2D eigenvalue weighted by molar-refractivity contribution is -0.138. The molecule has 0 saturated heterocycles. The molecule has 0 saturated carbocycles. The van der Waals surface area contributed by atoms with Gasteiger partial charge in [0.05, 0.1) is 0 Å². The number of aromatic nitrogens is 2. The molecule has 1 aromatic rings. The molecule has 1 aromatic heterocycles. The fourth-order valence-corrected chi connectivity index (χ4v) is 2.53. The molecule has 2 rings (SSSR count). The van der Waals surface area contributed by atoms with Crippen LogP contribution in [-0.4, -0.2) is 27.1 Å².